The molecule has 1 aliphatic rings. The fraction of sp³-hybridized carbons (Fsp3) is 0.214. The molecule has 6 rings (SSSR count). The van der Waals surface area contributed by atoms with Crippen molar-refractivity contribution in [2.75, 3.05) is 0 Å². The summed E-state index contributed by atoms with van der Waals surface area (Å²) in [6.07, 6.45) is 4.01. The summed E-state index contributed by atoms with van der Waals surface area (Å²) in [4.78, 5) is 4.74. The lowest BCUT2D eigenvalue weighted by Crippen LogP contribution is -2.30. The molecule has 3 heteroatoms. The maximum Gasteiger partial charge on any atom is 0.216 e. The fourth-order valence-electron chi connectivity index (χ4n) is 5.27. The van der Waals surface area contributed by atoms with Crippen molar-refractivity contribution in [2.45, 2.75) is 33.1 Å². The van der Waals surface area contributed by atoms with Crippen LogP contribution in [0.2, 0.25) is 0 Å². The second-order valence-electron chi connectivity index (χ2n) is 9.33. The van der Waals surface area contributed by atoms with E-state index in [1.807, 2.05) is 12.3 Å². The number of benzene rings is 2. The van der Waals surface area contributed by atoms with Crippen LogP contribution in [0, 0.1) is 13.8 Å². The molecule has 31 heavy (non-hydrogen) atoms. The highest BCUT2D eigenvalue weighted by Crippen LogP contribution is 2.52. The van der Waals surface area contributed by atoms with E-state index in [1.165, 1.54) is 33.5 Å². The van der Waals surface area contributed by atoms with E-state index in [-0.39, 0.29) is 5.41 Å². The molecule has 2 aromatic carbocycles. The molecular weight excluding hydrogens is 380 g/mol. The monoisotopic (exact) mass is 405 g/mol. The van der Waals surface area contributed by atoms with Gasteiger partial charge < -0.3 is 4.42 Å². The van der Waals surface area contributed by atoms with E-state index in [0.717, 1.165) is 33.2 Å². The molecule has 0 radical (unpaired) electrons. The van der Waals surface area contributed by atoms with Gasteiger partial charge in [-0.05, 0) is 36.6 Å². The van der Waals surface area contributed by atoms with Gasteiger partial charge >= 0.3 is 0 Å². The third kappa shape index (κ3) is 2.35. The minimum atomic E-state index is -0.138. The van der Waals surface area contributed by atoms with E-state index in [1.54, 1.807) is 0 Å². The number of hydrogen-bond acceptors (Lipinski definition) is 2. The van der Waals surface area contributed by atoms with Crippen molar-refractivity contribution in [3.8, 4) is 22.4 Å². The van der Waals surface area contributed by atoms with Crippen LogP contribution in [0.15, 0.2) is 65.3 Å². The van der Waals surface area contributed by atoms with Gasteiger partial charge in [-0.15, -0.1) is 0 Å². The number of aromatic nitrogens is 2. The zero-order valence-electron chi connectivity index (χ0n) is 18.6. The van der Waals surface area contributed by atoms with Crippen molar-refractivity contribution in [3.63, 3.8) is 0 Å². The Kier molecular flexibility index (Phi) is 3.57. The predicted molar refractivity (Wildman–Crippen MR) is 125 cm³/mol. The Hall–Kier alpha value is -3.46. The summed E-state index contributed by atoms with van der Waals surface area (Å²) < 4.78 is 8.94. The largest absolute Gasteiger partial charge is 0.454 e. The van der Waals surface area contributed by atoms with Gasteiger partial charge in [0.05, 0.1) is 11.3 Å². The standard InChI is InChI=1S/C28H25N2O/c1-16-12-14-30(5)22(15-16)23-17(2)8-9-18-19-10-11-21-24(26(19)31-25(18)23)20-7-6-13-29-27(20)28(21,3)4/h6-15H,1-5H3/q+1. The lowest BCUT2D eigenvalue weighted by atomic mass is 9.85. The average Bonchev–Trinajstić information content (AvgIpc) is 3.23. The lowest BCUT2D eigenvalue weighted by molar-refractivity contribution is -0.660. The van der Waals surface area contributed by atoms with Crippen molar-refractivity contribution in [2.24, 2.45) is 7.05 Å². The van der Waals surface area contributed by atoms with Crippen LogP contribution < -0.4 is 4.57 Å². The fourth-order valence-corrected chi connectivity index (χ4v) is 5.27. The molecule has 1 aliphatic carbocycles. The molecule has 0 atom stereocenters. The van der Waals surface area contributed by atoms with Gasteiger partial charge in [-0.25, -0.2) is 4.57 Å². The van der Waals surface area contributed by atoms with Gasteiger partial charge in [0.25, 0.3) is 0 Å². The number of fused-ring (bicyclic) bond motifs is 7. The van der Waals surface area contributed by atoms with Gasteiger partial charge in [-0.1, -0.05) is 44.2 Å². The SMILES string of the molecule is Cc1cc[n+](C)c(-c2c(C)ccc3c2oc2c4c(ccc23)C(C)(C)c2ncccc2-4)c1. The van der Waals surface area contributed by atoms with Crippen LogP contribution in [0.1, 0.15) is 36.2 Å². The number of furan rings is 1. The van der Waals surface area contributed by atoms with Crippen LogP contribution >= 0.6 is 0 Å². The molecule has 0 aliphatic heterocycles. The summed E-state index contributed by atoms with van der Waals surface area (Å²) in [6, 6.07) is 17.5. The third-order valence-corrected chi connectivity index (χ3v) is 6.92. The van der Waals surface area contributed by atoms with Crippen molar-refractivity contribution in [1.82, 2.24) is 4.98 Å². The first-order chi connectivity index (χ1) is 14.9. The van der Waals surface area contributed by atoms with Crippen LogP contribution in [0.5, 0.6) is 0 Å². The van der Waals surface area contributed by atoms with Gasteiger partial charge in [-0.3, -0.25) is 4.98 Å². The van der Waals surface area contributed by atoms with Gasteiger partial charge in [0.1, 0.15) is 18.2 Å². The van der Waals surface area contributed by atoms with Crippen LogP contribution in [0.4, 0.5) is 0 Å². The van der Waals surface area contributed by atoms with Crippen LogP contribution in [-0.2, 0) is 12.5 Å². The second kappa shape index (κ2) is 6.04. The zero-order chi connectivity index (χ0) is 21.5. The first kappa shape index (κ1) is 18.3. The Bertz CT molecular complexity index is 1540. The van der Waals surface area contributed by atoms with Gasteiger partial charge in [0, 0.05) is 45.6 Å². The number of pyridine rings is 2. The van der Waals surface area contributed by atoms with Crippen LogP contribution in [-0.4, -0.2) is 4.98 Å². The normalized spacial score (nSPS) is 14.2. The van der Waals surface area contributed by atoms with Gasteiger partial charge in [0.2, 0.25) is 5.69 Å². The highest BCUT2D eigenvalue weighted by molar-refractivity contribution is 6.14. The Morgan fingerprint density at radius 3 is 2.45 bits per heavy atom. The molecule has 3 nitrogen and oxygen atoms in total. The average molecular weight is 406 g/mol. The van der Waals surface area contributed by atoms with Crippen molar-refractivity contribution < 1.29 is 8.98 Å². The molecule has 3 heterocycles. The molecule has 5 aromatic rings. The molecule has 0 amide bonds. The summed E-state index contributed by atoms with van der Waals surface area (Å²) in [7, 11) is 2.10. The summed E-state index contributed by atoms with van der Waals surface area (Å²) in [5.41, 5.74) is 11.4. The molecule has 0 N–H and O–H groups in total. The number of hydrogen-bond donors (Lipinski definition) is 0. The highest BCUT2D eigenvalue weighted by atomic mass is 16.3. The molecule has 3 aromatic heterocycles. The molecule has 152 valence electrons. The van der Waals surface area contributed by atoms with E-state index in [4.69, 9.17) is 9.40 Å². The Morgan fingerprint density at radius 2 is 1.65 bits per heavy atom. The summed E-state index contributed by atoms with van der Waals surface area (Å²) in [5, 5.41) is 2.33. The van der Waals surface area contributed by atoms with E-state index >= 15 is 0 Å². The number of nitrogens with zero attached hydrogens (tertiary/aromatic N) is 2. The van der Waals surface area contributed by atoms with Gasteiger partial charge in [0.15, 0.2) is 6.20 Å². The molecule has 0 fully saturated rings. The molecule has 0 unspecified atom stereocenters. The van der Waals surface area contributed by atoms with Crippen LogP contribution in [0.25, 0.3) is 44.3 Å². The predicted octanol–water partition coefficient (Wildman–Crippen LogP) is 6.40. The third-order valence-electron chi connectivity index (χ3n) is 6.92. The zero-order valence-corrected chi connectivity index (χ0v) is 18.6. The Labute approximate surface area is 182 Å². The maximum absolute atomic E-state index is 6.77. The first-order valence-corrected chi connectivity index (χ1v) is 10.8. The maximum atomic E-state index is 6.77. The van der Waals surface area contributed by atoms with Crippen molar-refractivity contribution in [3.05, 3.63) is 83.3 Å². The minimum absolute atomic E-state index is 0.138. The van der Waals surface area contributed by atoms with E-state index in [9.17, 15) is 0 Å². The molecule has 0 saturated heterocycles. The molecular formula is C28H25N2O+. The topological polar surface area (TPSA) is 29.9 Å². The number of aryl methyl sites for hydroxylation is 3. The lowest BCUT2D eigenvalue weighted by Gasteiger charge is -2.19. The molecule has 0 spiro atoms. The Balaban J connectivity index is 1.76. The summed E-state index contributed by atoms with van der Waals surface area (Å²) in [5.74, 6) is 0. The Morgan fingerprint density at radius 1 is 0.903 bits per heavy atom. The smallest absolute Gasteiger partial charge is 0.216 e. The van der Waals surface area contributed by atoms with Crippen molar-refractivity contribution >= 4 is 21.9 Å². The van der Waals surface area contributed by atoms with E-state index in [2.05, 4.69) is 88.0 Å². The summed E-state index contributed by atoms with van der Waals surface area (Å²) in [6.45, 7) is 8.80. The quantitative estimate of drug-likeness (QED) is 0.302. The molecule has 0 saturated carbocycles. The van der Waals surface area contributed by atoms with Gasteiger partial charge in [-0.2, -0.15) is 0 Å². The second-order valence-corrected chi connectivity index (χ2v) is 9.33. The van der Waals surface area contributed by atoms with E-state index in [0.29, 0.717) is 0 Å². The highest BCUT2D eigenvalue weighted by Gasteiger charge is 2.39. The number of rotatable bonds is 1. The first-order valence-electron chi connectivity index (χ1n) is 10.8. The van der Waals surface area contributed by atoms with Crippen molar-refractivity contribution in [1.29, 1.82) is 0 Å². The minimum Gasteiger partial charge on any atom is -0.454 e. The molecule has 0 bridgehead atoms. The van der Waals surface area contributed by atoms with E-state index < -0.39 is 0 Å². The van der Waals surface area contributed by atoms with Crippen LogP contribution in [0.3, 0.4) is 0 Å². The summed E-state index contributed by atoms with van der Waals surface area (Å²) >= 11 is 0.